The van der Waals surface area contributed by atoms with Gasteiger partial charge in [0.15, 0.2) is 5.69 Å². The number of benzene rings is 1. The third kappa shape index (κ3) is 4.23. The second kappa shape index (κ2) is 7.61. The van der Waals surface area contributed by atoms with Gasteiger partial charge in [0.1, 0.15) is 11.5 Å². The Labute approximate surface area is 144 Å². The van der Waals surface area contributed by atoms with E-state index in [1.165, 1.54) is 0 Å². The van der Waals surface area contributed by atoms with Gasteiger partial charge in [0, 0.05) is 12.5 Å². The predicted molar refractivity (Wildman–Crippen MR) is 87.7 cm³/mol. The summed E-state index contributed by atoms with van der Waals surface area (Å²) in [5.41, 5.74) is 1.48. The molecular weight excluding hydrogens is 324 g/mol. The summed E-state index contributed by atoms with van der Waals surface area (Å²) in [6.45, 7) is 1.94. The fraction of sp³-hybridized carbons (Fsp3) is 0.294. The Morgan fingerprint density at radius 2 is 2.08 bits per heavy atom. The van der Waals surface area contributed by atoms with E-state index in [0.717, 1.165) is 11.3 Å². The van der Waals surface area contributed by atoms with Crippen LogP contribution in [0.5, 0.6) is 5.75 Å². The number of methoxy groups -OCH3 is 1. The number of carbonyl (C=O) groups is 1. The van der Waals surface area contributed by atoms with Crippen molar-refractivity contribution in [3.8, 4) is 17.3 Å². The van der Waals surface area contributed by atoms with Gasteiger partial charge >= 0.3 is 0 Å². The summed E-state index contributed by atoms with van der Waals surface area (Å²) in [5, 5.41) is 10.4. The highest BCUT2D eigenvalue weighted by molar-refractivity contribution is 5.76. The number of nitrogens with zero attached hydrogens (tertiary/aromatic N) is 3. The highest BCUT2D eigenvalue weighted by atomic mass is 16.5. The topological polar surface area (TPSA) is 103 Å². The Bertz CT molecular complexity index is 856. The monoisotopic (exact) mass is 342 g/mol. The number of aryl methyl sites for hydroxylation is 2. The Morgan fingerprint density at radius 3 is 2.84 bits per heavy atom. The van der Waals surface area contributed by atoms with Gasteiger partial charge in [-0.3, -0.25) is 4.79 Å². The van der Waals surface area contributed by atoms with Gasteiger partial charge in [-0.05, 0) is 25.0 Å². The molecule has 3 aromatic rings. The van der Waals surface area contributed by atoms with E-state index in [4.69, 9.17) is 13.8 Å². The smallest absolute Gasteiger partial charge is 0.246 e. The van der Waals surface area contributed by atoms with Gasteiger partial charge in [0.2, 0.25) is 17.6 Å². The van der Waals surface area contributed by atoms with Gasteiger partial charge < -0.3 is 19.1 Å². The molecule has 0 radical (unpaired) electrons. The molecule has 1 amide bonds. The van der Waals surface area contributed by atoms with Gasteiger partial charge in [0.25, 0.3) is 0 Å². The number of amides is 1. The molecule has 0 saturated heterocycles. The van der Waals surface area contributed by atoms with Crippen LogP contribution in [0.15, 0.2) is 39.4 Å². The maximum atomic E-state index is 12.0. The molecule has 8 nitrogen and oxygen atoms in total. The minimum atomic E-state index is -0.108. The first-order valence-corrected chi connectivity index (χ1v) is 7.80. The molecule has 1 aromatic carbocycles. The quantitative estimate of drug-likeness (QED) is 0.702. The highest BCUT2D eigenvalue weighted by Crippen LogP contribution is 2.19. The van der Waals surface area contributed by atoms with Crippen LogP contribution in [0.2, 0.25) is 0 Å². The SMILES string of the molecule is COc1ccccc1CCC(=O)NCc1nc(-c2cc(C)on2)no1. The van der Waals surface area contributed by atoms with Crippen LogP contribution in [0, 0.1) is 6.92 Å². The Morgan fingerprint density at radius 1 is 1.24 bits per heavy atom. The van der Waals surface area contributed by atoms with E-state index in [0.29, 0.717) is 36.0 Å². The lowest BCUT2D eigenvalue weighted by atomic mass is 10.1. The Balaban J connectivity index is 1.50. The summed E-state index contributed by atoms with van der Waals surface area (Å²) in [7, 11) is 1.61. The third-order valence-electron chi connectivity index (χ3n) is 3.58. The molecule has 0 aliphatic carbocycles. The van der Waals surface area contributed by atoms with Crippen LogP contribution in [0.4, 0.5) is 0 Å². The minimum Gasteiger partial charge on any atom is -0.496 e. The van der Waals surface area contributed by atoms with E-state index in [-0.39, 0.29) is 12.5 Å². The molecule has 0 saturated carbocycles. The van der Waals surface area contributed by atoms with E-state index in [1.807, 2.05) is 24.3 Å². The number of hydrogen-bond donors (Lipinski definition) is 1. The average molecular weight is 342 g/mol. The predicted octanol–water partition coefficient (Wildman–Crippen LogP) is 2.29. The number of aromatic nitrogens is 3. The largest absolute Gasteiger partial charge is 0.496 e. The molecule has 0 bridgehead atoms. The van der Waals surface area contributed by atoms with Gasteiger partial charge in [-0.1, -0.05) is 28.5 Å². The highest BCUT2D eigenvalue weighted by Gasteiger charge is 2.13. The third-order valence-corrected chi connectivity index (χ3v) is 3.58. The summed E-state index contributed by atoms with van der Waals surface area (Å²) >= 11 is 0. The first-order valence-electron chi connectivity index (χ1n) is 7.80. The Kier molecular flexibility index (Phi) is 5.08. The van der Waals surface area contributed by atoms with Crippen molar-refractivity contribution in [3.63, 3.8) is 0 Å². The van der Waals surface area contributed by atoms with E-state index < -0.39 is 0 Å². The molecule has 3 rings (SSSR count). The standard InChI is InChI=1S/C17H18N4O4/c1-11-9-13(20-24-11)17-19-16(25-21-17)10-18-15(22)8-7-12-5-3-4-6-14(12)23-2/h3-6,9H,7-8,10H2,1-2H3,(H,18,22). The summed E-state index contributed by atoms with van der Waals surface area (Å²) in [4.78, 5) is 16.2. The fourth-order valence-corrected chi connectivity index (χ4v) is 2.32. The molecule has 0 atom stereocenters. The number of carbonyl (C=O) groups excluding carboxylic acids is 1. The van der Waals surface area contributed by atoms with E-state index >= 15 is 0 Å². The van der Waals surface area contributed by atoms with Crippen molar-refractivity contribution < 1.29 is 18.6 Å². The first-order chi connectivity index (χ1) is 12.2. The number of hydrogen-bond acceptors (Lipinski definition) is 7. The molecule has 0 spiro atoms. The molecule has 0 aliphatic rings. The van der Waals surface area contributed by atoms with Crippen LogP contribution >= 0.6 is 0 Å². The second-order valence-electron chi connectivity index (χ2n) is 5.42. The zero-order valence-electron chi connectivity index (χ0n) is 14.0. The molecule has 1 N–H and O–H groups in total. The van der Waals surface area contributed by atoms with E-state index in [1.54, 1.807) is 20.1 Å². The fourth-order valence-electron chi connectivity index (χ4n) is 2.32. The second-order valence-corrected chi connectivity index (χ2v) is 5.42. The minimum absolute atomic E-state index is 0.108. The van der Waals surface area contributed by atoms with Crippen LogP contribution in [0.1, 0.15) is 23.6 Å². The van der Waals surface area contributed by atoms with Crippen molar-refractivity contribution in [2.75, 3.05) is 7.11 Å². The molecule has 8 heteroatoms. The number of rotatable bonds is 7. The lowest BCUT2D eigenvalue weighted by molar-refractivity contribution is -0.121. The number of ether oxygens (including phenoxy) is 1. The van der Waals surface area contributed by atoms with Gasteiger partial charge in [0.05, 0.1) is 13.7 Å². The first kappa shape index (κ1) is 16.7. The molecule has 2 aromatic heterocycles. The molecule has 130 valence electrons. The van der Waals surface area contributed by atoms with E-state index in [9.17, 15) is 4.79 Å². The van der Waals surface area contributed by atoms with Crippen LogP contribution in [-0.2, 0) is 17.8 Å². The van der Waals surface area contributed by atoms with Crippen molar-refractivity contribution in [1.82, 2.24) is 20.6 Å². The molecular formula is C17H18N4O4. The van der Waals surface area contributed by atoms with Gasteiger partial charge in [-0.2, -0.15) is 4.98 Å². The van der Waals surface area contributed by atoms with Crippen LogP contribution < -0.4 is 10.1 Å². The van der Waals surface area contributed by atoms with Gasteiger partial charge in [-0.15, -0.1) is 0 Å². The molecule has 0 fully saturated rings. The van der Waals surface area contributed by atoms with Crippen LogP contribution in [0.3, 0.4) is 0 Å². The zero-order valence-corrected chi connectivity index (χ0v) is 14.0. The normalized spacial score (nSPS) is 10.6. The molecule has 0 aliphatic heterocycles. The van der Waals surface area contributed by atoms with Gasteiger partial charge in [-0.25, -0.2) is 0 Å². The van der Waals surface area contributed by atoms with Crippen LogP contribution in [-0.4, -0.2) is 28.3 Å². The summed E-state index contributed by atoms with van der Waals surface area (Å²) in [5.74, 6) is 1.96. The number of para-hydroxylation sites is 1. The lowest BCUT2D eigenvalue weighted by Crippen LogP contribution is -2.23. The van der Waals surface area contributed by atoms with Crippen molar-refractivity contribution in [2.45, 2.75) is 26.3 Å². The Hall–Kier alpha value is -3.16. The molecule has 25 heavy (non-hydrogen) atoms. The molecule has 2 heterocycles. The van der Waals surface area contributed by atoms with Crippen molar-refractivity contribution in [2.24, 2.45) is 0 Å². The average Bonchev–Trinajstić information content (AvgIpc) is 3.27. The van der Waals surface area contributed by atoms with Crippen molar-refractivity contribution in [1.29, 1.82) is 0 Å². The lowest BCUT2D eigenvalue weighted by Gasteiger charge is -2.07. The van der Waals surface area contributed by atoms with E-state index in [2.05, 4.69) is 20.6 Å². The van der Waals surface area contributed by atoms with Crippen molar-refractivity contribution >= 4 is 5.91 Å². The summed E-state index contributed by atoms with van der Waals surface area (Å²) < 4.78 is 15.3. The zero-order chi connectivity index (χ0) is 17.6. The molecule has 0 unspecified atom stereocenters. The maximum Gasteiger partial charge on any atom is 0.246 e. The van der Waals surface area contributed by atoms with Crippen molar-refractivity contribution in [3.05, 3.63) is 47.5 Å². The summed E-state index contributed by atoms with van der Waals surface area (Å²) in [6.07, 6.45) is 0.924. The maximum absolute atomic E-state index is 12.0. The van der Waals surface area contributed by atoms with Crippen LogP contribution in [0.25, 0.3) is 11.5 Å². The number of nitrogens with one attached hydrogen (secondary N) is 1. The summed E-state index contributed by atoms with van der Waals surface area (Å²) in [6, 6.07) is 9.34.